The predicted octanol–water partition coefficient (Wildman–Crippen LogP) is 3.43. The van der Waals surface area contributed by atoms with Gasteiger partial charge in [-0.2, -0.15) is 0 Å². The van der Waals surface area contributed by atoms with Gasteiger partial charge in [-0.1, -0.05) is 48.0 Å². The molecule has 3 heteroatoms. The molecule has 2 nitrogen and oxygen atoms in total. The van der Waals surface area contributed by atoms with Gasteiger partial charge in [0.15, 0.2) is 0 Å². The van der Waals surface area contributed by atoms with Crippen LogP contribution in [0.2, 0.25) is 0 Å². The molecular weight excluding hydrogens is 268 g/mol. The number of para-hydroxylation sites is 1. The molecule has 1 aromatic rings. The average molecular weight is 285 g/mol. The second kappa shape index (κ2) is 4.38. The highest BCUT2D eigenvalue weighted by molar-refractivity contribution is 9.09. The Hall–Kier alpha value is -0.540. The van der Waals surface area contributed by atoms with Gasteiger partial charge in [-0.25, -0.2) is 0 Å². The number of fused-ring (bicyclic) bond motifs is 1. The summed E-state index contributed by atoms with van der Waals surface area (Å²) in [6.45, 7) is 4.19. The van der Waals surface area contributed by atoms with E-state index in [1.807, 2.05) is 24.3 Å². The topological polar surface area (TPSA) is 29.5 Å². The molecule has 1 aliphatic rings. The molecule has 0 bridgehead atoms. The summed E-state index contributed by atoms with van der Waals surface area (Å²) in [4.78, 5) is -0.0510. The van der Waals surface area contributed by atoms with Crippen LogP contribution in [0.1, 0.15) is 38.4 Å². The third kappa shape index (κ3) is 1.66. The number of rotatable bonds is 2. The van der Waals surface area contributed by atoms with Crippen molar-refractivity contribution in [2.24, 2.45) is 0 Å². The Balaban J connectivity index is 2.46. The van der Waals surface area contributed by atoms with Crippen LogP contribution in [0, 0.1) is 0 Å². The van der Waals surface area contributed by atoms with Gasteiger partial charge in [0.25, 0.3) is 0 Å². The smallest absolute Gasteiger partial charge is 0.126 e. The maximum atomic E-state index is 10.3. The maximum absolute atomic E-state index is 10.3. The van der Waals surface area contributed by atoms with Crippen LogP contribution < -0.4 is 4.74 Å². The van der Waals surface area contributed by atoms with Gasteiger partial charge in [0.2, 0.25) is 0 Å². The summed E-state index contributed by atoms with van der Waals surface area (Å²) in [5.41, 5.74) is 0.579. The average Bonchev–Trinajstić information content (AvgIpc) is 2.34. The second-order valence-electron chi connectivity index (χ2n) is 4.26. The molecule has 1 N–H and O–H groups in total. The van der Waals surface area contributed by atoms with Crippen LogP contribution in [0.25, 0.3) is 0 Å². The Morgan fingerprint density at radius 1 is 1.31 bits per heavy atom. The zero-order valence-corrected chi connectivity index (χ0v) is 11.2. The molecule has 0 saturated heterocycles. The van der Waals surface area contributed by atoms with Crippen LogP contribution in [-0.2, 0) is 0 Å². The lowest BCUT2D eigenvalue weighted by Gasteiger charge is -2.44. The third-order valence-electron chi connectivity index (χ3n) is 3.53. The largest absolute Gasteiger partial charge is 0.486 e. The highest BCUT2D eigenvalue weighted by Crippen LogP contribution is 2.46. The molecule has 0 aromatic heterocycles. The lowest BCUT2D eigenvalue weighted by Crippen LogP contribution is -2.49. The molecule has 1 aromatic carbocycles. The number of hydrogen-bond donors (Lipinski definition) is 1. The molecule has 2 atom stereocenters. The van der Waals surface area contributed by atoms with Crippen LogP contribution >= 0.6 is 15.9 Å². The maximum Gasteiger partial charge on any atom is 0.126 e. The molecule has 0 spiro atoms. The van der Waals surface area contributed by atoms with Gasteiger partial charge >= 0.3 is 0 Å². The summed E-state index contributed by atoms with van der Waals surface area (Å²) < 4.78 is 6.09. The second-order valence-corrected chi connectivity index (χ2v) is 5.24. The Bertz CT molecular complexity index is 374. The normalized spacial score (nSPS) is 27.0. The van der Waals surface area contributed by atoms with Crippen molar-refractivity contribution in [3.05, 3.63) is 29.8 Å². The van der Waals surface area contributed by atoms with Gasteiger partial charge in [0.1, 0.15) is 11.4 Å². The van der Waals surface area contributed by atoms with E-state index in [1.165, 1.54) is 0 Å². The minimum absolute atomic E-state index is 0.0510. The summed E-state index contributed by atoms with van der Waals surface area (Å²) in [7, 11) is 0. The standard InChI is InChI=1S/C13H17BrO2/c1-3-13(4-2)12(14)11(15)9-7-5-6-8-10(9)16-13/h5-8,11-12,15H,3-4H2,1-2H3. The highest BCUT2D eigenvalue weighted by atomic mass is 79.9. The van der Waals surface area contributed by atoms with Crippen molar-refractivity contribution < 1.29 is 9.84 Å². The SMILES string of the molecule is CCC1(CC)Oc2ccccc2C(O)C1Br. The first-order valence-electron chi connectivity index (χ1n) is 5.74. The summed E-state index contributed by atoms with van der Waals surface area (Å²) >= 11 is 3.59. The number of halogens is 1. The Kier molecular flexibility index (Phi) is 3.27. The van der Waals surface area contributed by atoms with Crippen LogP contribution in [0.4, 0.5) is 0 Å². The molecule has 1 heterocycles. The van der Waals surface area contributed by atoms with E-state index >= 15 is 0 Å². The molecule has 0 fully saturated rings. The van der Waals surface area contributed by atoms with E-state index in [4.69, 9.17) is 4.74 Å². The van der Waals surface area contributed by atoms with Gasteiger partial charge in [-0.3, -0.25) is 0 Å². The van der Waals surface area contributed by atoms with E-state index in [2.05, 4.69) is 29.8 Å². The van der Waals surface area contributed by atoms with Crippen LogP contribution in [0.5, 0.6) is 5.75 Å². The molecule has 0 amide bonds. The Labute approximate surface area is 105 Å². The number of alkyl halides is 1. The van der Waals surface area contributed by atoms with E-state index in [-0.39, 0.29) is 10.4 Å². The fourth-order valence-electron chi connectivity index (χ4n) is 2.32. The molecule has 16 heavy (non-hydrogen) atoms. The van der Waals surface area contributed by atoms with Gasteiger partial charge in [-0.05, 0) is 18.9 Å². The first-order valence-corrected chi connectivity index (χ1v) is 6.66. The van der Waals surface area contributed by atoms with Crippen molar-refractivity contribution in [2.75, 3.05) is 0 Å². The Morgan fingerprint density at radius 2 is 1.94 bits per heavy atom. The number of hydrogen-bond acceptors (Lipinski definition) is 2. The number of benzene rings is 1. The molecule has 1 aliphatic heterocycles. The summed E-state index contributed by atoms with van der Waals surface area (Å²) in [5, 5.41) is 10.3. The van der Waals surface area contributed by atoms with E-state index < -0.39 is 6.10 Å². The summed E-state index contributed by atoms with van der Waals surface area (Å²) in [6, 6.07) is 7.72. The van der Waals surface area contributed by atoms with Gasteiger partial charge < -0.3 is 9.84 Å². The zero-order chi connectivity index (χ0) is 11.8. The fraction of sp³-hybridized carbons (Fsp3) is 0.538. The number of aliphatic hydroxyl groups excluding tert-OH is 1. The number of aliphatic hydroxyl groups is 1. The zero-order valence-electron chi connectivity index (χ0n) is 9.61. The van der Waals surface area contributed by atoms with Crippen LogP contribution in [-0.4, -0.2) is 15.5 Å². The van der Waals surface area contributed by atoms with Crippen LogP contribution in [0.15, 0.2) is 24.3 Å². The van der Waals surface area contributed by atoms with E-state index in [1.54, 1.807) is 0 Å². The van der Waals surface area contributed by atoms with Crippen molar-refractivity contribution in [2.45, 2.75) is 43.2 Å². The first-order chi connectivity index (χ1) is 7.64. The molecular formula is C13H17BrO2. The van der Waals surface area contributed by atoms with Crippen molar-refractivity contribution in [3.8, 4) is 5.75 Å². The van der Waals surface area contributed by atoms with Gasteiger partial charge in [0, 0.05) is 5.56 Å². The minimum atomic E-state index is -0.496. The fourth-order valence-corrected chi connectivity index (χ4v) is 3.35. The molecule has 88 valence electrons. The summed E-state index contributed by atoms with van der Waals surface area (Å²) in [6.07, 6.45) is 1.26. The minimum Gasteiger partial charge on any atom is -0.486 e. The molecule has 0 radical (unpaired) electrons. The monoisotopic (exact) mass is 284 g/mol. The van der Waals surface area contributed by atoms with Crippen LogP contribution in [0.3, 0.4) is 0 Å². The molecule has 2 rings (SSSR count). The van der Waals surface area contributed by atoms with Gasteiger partial charge in [0.05, 0.1) is 10.9 Å². The van der Waals surface area contributed by atoms with Crippen molar-refractivity contribution >= 4 is 15.9 Å². The predicted molar refractivity (Wildman–Crippen MR) is 68.1 cm³/mol. The molecule has 2 unspecified atom stereocenters. The highest BCUT2D eigenvalue weighted by Gasteiger charge is 2.45. The van der Waals surface area contributed by atoms with Crippen molar-refractivity contribution in [1.82, 2.24) is 0 Å². The first kappa shape index (κ1) is 11.9. The lowest BCUT2D eigenvalue weighted by atomic mass is 9.85. The van der Waals surface area contributed by atoms with Gasteiger partial charge in [-0.15, -0.1) is 0 Å². The summed E-state index contributed by atoms with van der Waals surface area (Å²) in [5.74, 6) is 0.814. The quantitative estimate of drug-likeness (QED) is 0.843. The molecule has 0 saturated carbocycles. The Morgan fingerprint density at radius 3 is 2.56 bits per heavy atom. The van der Waals surface area contributed by atoms with E-state index in [0.717, 1.165) is 24.2 Å². The lowest BCUT2D eigenvalue weighted by molar-refractivity contribution is -0.00898. The number of ether oxygens (including phenoxy) is 1. The van der Waals surface area contributed by atoms with E-state index in [0.29, 0.717) is 0 Å². The van der Waals surface area contributed by atoms with Crippen molar-refractivity contribution in [3.63, 3.8) is 0 Å². The van der Waals surface area contributed by atoms with Crippen molar-refractivity contribution in [1.29, 1.82) is 0 Å². The third-order valence-corrected chi connectivity index (χ3v) is 4.86. The molecule has 0 aliphatic carbocycles. The van der Waals surface area contributed by atoms with E-state index in [9.17, 15) is 5.11 Å².